The standard InChI is InChI=1S/C13H13NO4S/c1-8-3-4-10(11(5-8)17-2)18-6-12-14-9(7-19-12)13(15)16/h3-5,7H,6H2,1-2H3,(H,15,16). The molecule has 0 amide bonds. The summed E-state index contributed by atoms with van der Waals surface area (Å²) in [6.07, 6.45) is 0. The molecule has 100 valence electrons. The second-order valence-electron chi connectivity index (χ2n) is 3.87. The normalized spacial score (nSPS) is 10.2. The van der Waals surface area contributed by atoms with Gasteiger partial charge in [-0.05, 0) is 24.6 Å². The van der Waals surface area contributed by atoms with E-state index in [0.29, 0.717) is 16.5 Å². The molecule has 0 bridgehead atoms. The number of rotatable bonds is 5. The highest BCUT2D eigenvalue weighted by Crippen LogP contribution is 2.28. The first-order valence-electron chi connectivity index (χ1n) is 5.55. The van der Waals surface area contributed by atoms with Crippen LogP contribution >= 0.6 is 11.3 Å². The van der Waals surface area contributed by atoms with Gasteiger partial charge in [-0.15, -0.1) is 11.3 Å². The number of aromatic nitrogens is 1. The molecule has 0 aliphatic heterocycles. The van der Waals surface area contributed by atoms with E-state index >= 15 is 0 Å². The zero-order valence-electron chi connectivity index (χ0n) is 10.5. The third-order valence-electron chi connectivity index (χ3n) is 2.44. The minimum Gasteiger partial charge on any atom is -0.493 e. The van der Waals surface area contributed by atoms with Crippen LogP contribution in [0.3, 0.4) is 0 Å². The Labute approximate surface area is 114 Å². The van der Waals surface area contributed by atoms with E-state index in [1.807, 2.05) is 25.1 Å². The number of carboxylic acids is 1. The summed E-state index contributed by atoms with van der Waals surface area (Å²) in [6, 6.07) is 5.61. The van der Waals surface area contributed by atoms with E-state index in [4.69, 9.17) is 14.6 Å². The molecule has 0 atom stereocenters. The molecule has 0 radical (unpaired) electrons. The highest BCUT2D eigenvalue weighted by Gasteiger charge is 2.10. The summed E-state index contributed by atoms with van der Waals surface area (Å²) >= 11 is 1.26. The number of aryl methyl sites for hydroxylation is 1. The van der Waals surface area contributed by atoms with Crippen LogP contribution in [0.1, 0.15) is 21.1 Å². The van der Waals surface area contributed by atoms with Crippen molar-refractivity contribution in [3.63, 3.8) is 0 Å². The number of carboxylic acid groups (broad SMARTS) is 1. The summed E-state index contributed by atoms with van der Waals surface area (Å²) in [5.74, 6) is 0.227. The maximum atomic E-state index is 10.7. The Bertz CT molecular complexity index is 594. The van der Waals surface area contributed by atoms with Crippen molar-refractivity contribution in [3.05, 3.63) is 39.8 Å². The summed E-state index contributed by atoms with van der Waals surface area (Å²) < 4.78 is 10.8. The molecule has 1 aromatic carbocycles. The van der Waals surface area contributed by atoms with E-state index in [1.54, 1.807) is 7.11 Å². The van der Waals surface area contributed by atoms with Gasteiger partial charge in [0.15, 0.2) is 17.2 Å². The third kappa shape index (κ3) is 3.23. The maximum Gasteiger partial charge on any atom is 0.355 e. The summed E-state index contributed by atoms with van der Waals surface area (Å²) in [6.45, 7) is 2.18. The number of nitrogens with zero attached hydrogens (tertiary/aromatic N) is 1. The molecule has 5 nitrogen and oxygen atoms in total. The molecule has 19 heavy (non-hydrogen) atoms. The van der Waals surface area contributed by atoms with Gasteiger partial charge in [-0.2, -0.15) is 0 Å². The van der Waals surface area contributed by atoms with Crippen LogP contribution in [0.2, 0.25) is 0 Å². The van der Waals surface area contributed by atoms with Crippen molar-refractivity contribution in [1.82, 2.24) is 4.98 Å². The highest BCUT2D eigenvalue weighted by atomic mass is 32.1. The molecule has 2 aromatic rings. The number of benzene rings is 1. The number of hydrogen-bond donors (Lipinski definition) is 1. The predicted octanol–water partition coefficient (Wildman–Crippen LogP) is 2.74. The molecule has 0 spiro atoms. The lowest BCUT2D eigenvalue weighted by Gasteiger charge is -2.09. The highest BCUT2D eigenvalue weighted by molar-refractivity contribution is 7.09. The van der Waals surface area contributed by atoms with Crippen molar-refractivity contribution >= 4 is 17.3 Å². The second kappa shape index (κ2) is 5.71. The van der Waals surface area contributed by atoms with E-state index < -0.39 is 5.97 Å². The van der Waals surface area contributed by atoms with Crippen molar-refractivity contribution in [2.45, 2.75) is 13.5 Å². The van der Waals surface area contributed by atoms with Crippen LogP contribution in [0.4, 0.5) is 0 Å². The molecule has 0 unspecified atom stereocenters. The summed E-state index contributed by atoms with van der Waals surface area (Å²) in [5.41, 5.74) is 1.12. The summed E-state index contributed by atoms with van der Waals surface area (Å²) in [5, 5.41) is 10.9. The molecule has 1 N–H and O–H groups in total. The van der Waals surface area contributed by atoms with Crippen LogP contribution in [0.25, 0.3) is 0 Å². The Morgan fingerprint density at radius 1 is 1.42 bits per heavy atom. The maximum absolute atomic E-state index is 10.7. The fraction of sp³-hybridized carbons (Fsp3) is 0.231. The molecule has 0 fully saturated rings. The van der Waals surface area contributed by atoms with Crippen molar-refractivity contribution in [3.8, 4) is 11.5 Å². The van der Waals surface area contributed by atoms with Crippen molar-refractivity contribution in [1.29, 1.82) is 0 Å². The fourth-order valence-corrected chi connectivity index (χ4v) is 2.19. The first kappa shape index (κ1) is 13.4. The lowest BCUT2D eigenvalue weighted by Crippen LogP contribution is -2.00. The lowest BCUT2D eigenvalue weighted by atomic mass is 10.2. The number of aromatic carboxylic acids is 1. The van der Waals surface area contributed by atoms with Crippen LogP contribution in [0.15, 0.2) is 23.6 Å². The van der Waals surface area contributed by atoms with Crippen LogP contribution in [-0.4, -0.2) is 23.2 Å². The van der Waals surface area contributed by atoms with Crippen LogP contribution in [0.5, 0.6) is 11.5 Å². The lowest BCUT2D eigenvalue weighted by molar-refractivity contribution is 0.0691. The number of methoxy groups -OCH3 is 1. The third-order valence-corrected chi connectivity index (χ3v) is 3.26. The van der Waals surface area contributed by atoms with E-state index in [-0.39, 0.29) is 12.3 Å². The number of carbonyl (C=O) groups is 1. The zero-order valence-corrected chi connectivity index (χ0v) is 11.4. The van der Waals surface area contributed by atoms with E-state index in [9.17, 15) is 4.79 Å². The Hall–Kier alpha value is -2.08. The molecule has 0 saturated carbocycles. The molecule has 6 heteroatoms. The average molecular weight is 279 g/mol. The van der Waals surface area contributed by atoms with Gasteiger partial charge in [0.1, 0.15) is 11.6 Å². The van der Waals surface area contributed by atoms with Crippen molar-refractivity contribution in [2.75, 3.05) is 7.11 Å². The Morgan fingerprint density at radius 3 is 2.84 bits per heavy atom. The van der Waals surface area contributed by atoms with E-state index in [0.717, 1.165) is 5.56 Å². The Morgan fingerprint density at radius 2 is 2.21 bits per heavy atom. The average Bonchev–Trinajstić information content (AvgIpc) is 2.86. The summed E-state index contributed by atoms with van der Waals surface area (Å²) in [4.78, 5) is 14.7. The van der Waals surface area contributed by atoms with Crippen molar-refractivity contribution in [2.24, 2.45) is 0 Å². The predicted molar refractivity (Wildman–Crippen MR) is 71.1 cm³/mol. The molecular formula is C13H13NO4S. The first-order valence-corrected chi connectivity index (χ1v) is 6.43. The quantitative estimate of drug-likeness (QED) is 0.911. The SMILES string of the molecule is COc1cc(C)ccc1OCc1nc(C(=O)O)cs1. The second-order valence-corrected chi connectivity index (χ2v) is 4.82. The molecule has 1 aromatic heterocycles. The van der Waals surface area contributed by atoms with Gasteiger partial charge in [0, 0.05) is 5.38 Å². The van der Waals surface area contributed by atoms with Gasteiger partial charge in [-0.25, -0.2) is 9.78 Å². The van der Waals surface area contributed by atoms with E-state index in [2.05, 4.69) is 4.98 Å². The van der Waals surface area contributed by atoms with Crippen molar-refractivity contribution < 1.29 is 19.4 Å². The van der Waals surface area contributed by atoms with Gasteiger partial charge < -0.3 is 14.6 Å². The minimum atomic E-state index is -1.03. The Kier molecular flexibility index (Phi) is 4.01. The van der Waals surface area contributed by atoms with Gasteiger partial charge in [0.25, 0.3) is 0 Å². The van der Waals surface area contributed by atoms with Gasteiger partial charge in [-0.1, -0.05) is 6.07 Å². The van der Waals surface area contributed by atoms with E-state index in [1.165, 1.54) is 16.7 Å². The van der Waals surface area contributed by atoms with Gasteiger partial charge in [0.2, 0.25) is 0 Å². The van der Waals surface area contributed by atoms with Crippen LogP contribution in [-0.2, 0) is 6.61 Å². The largest absolute Gasteiger partial charge is 0.493 e. The topological polar surface area (TPSA) is 68.7 Å². The summed E-state index contributed by atoms with van der Waals surface area (Å²) in [7, 11) is 1.58. The number of ether oxygens (including phenoxy) is 2. The fourth-order valence-electron chi connectivity index (χ4n) is 1.51. The van der Waals surface area contributed by atoms with Gasteiger partial charge in [0.05, 0.1) is 7.11 Å². The minimum absolute atomic E-state index is 0.0412. The Balaban J connectivity index is 2.07. The van der Waals surface area contributed by atoms with Crippen LogP contribution < -0.4 is 9.47 Å². The molecule has 0 saturated heterocycles. The smallest absolute Gasteiger partial charge is 0.355 e. The van der Waals surface area contributed by atoms with Crippen LogP contribution in [0, 0.1) is 6.92 Å². The van der Waals surface area contributed by atoms with Gasteiger partial charge in [-0.3, -0.25) is 0 Å². The molecule has 2 rings (SSSR count). The number of thiazole rings is 1. The first-order chi connectivity index (χ1) is 9.10. The zero-order chi connectivity index (χ0) is 13.8. The molecule has 0 aliphatic rings. The molecule has 1 heterocycles. The molecule has 0 aliphatic carbocycles. The van der Waals surface area contributed by atoms with Gasteiger partial charge >= 0.3 is 5.97 Å². The monoisotopic (exact) mass is 279 g/mol. The molecular weight excluding hydrogens is 266 g/mol. The number of hydrogen-bond acceptors (Lipinski definition) is 5.